The molecule has 1 heterocycles. The van der Waals surface area contributed by atoms with E-state index in [1.807, 2.05) is 36.4 Å². The van der Waals surface area contributed by atoms with Crippen molar-refractivity contribution in [3.8, 4) is 0 Å². The highest BCUT2D eigenvalue weighted by Gasteiger charge is 2.36. The van der Waals surface area contributed by atoms with Crippen LogP contribution in [0.15, 0.2) is 77.4 Å². The summed E-state index contributed by atoms with van der Waals surface area (Å²) in [5.41, 5.74) is 0.980. The monoisotopic (exact) mass is 406 g/mol. The van der Waals surface area contributed by atoms with Crippen molar-refractivity contribution in [1.29, 1.82) is 0 Å². The van der Waals surface area contributed by atoms with E-state index in [0.717, 1.165) is 18.4 Å². The maximum Gasteiger partial charge on any atom is 0.257 e. The highest BCUT2D eigenvalue weighted by molar-refractivity contribution is 5.97. The zero-order valence-corrected chi connectivity index (χ0v) is 16.5. The lowest BCUT2D eigenvalue weighted by Gasteiger charge is -2.27. The van der Waals surface area contributed by atoms with Crippen LogP contribution in [0.25, 0.3) is 0 Å². The van der Waals surface area contributed by atoms with Gasteiger partial charge < -0.3 is 14.2 Å². The Morgan fingerprint density at radius 2 is 1.67 bits per heavy atom. The molecule has 1 aliphatic carbocycles. The fourth-order valence-corrected chi connectivity index (χ4v) is 3.41. The summed E-state index contributed by atoms with van der Waals surface area (Å²) >= 11 is 0. The van der Waals surface area contributed by atoms with Crippen LogP contribution in [0.5, 0.6) is 0 Å². The minimum atomic E-state index is -0.572. The summed E-state index contributed by atoms with van der Waals surface area (Å²) in [6.45, 7) is 0.602. The zero-order valence-electron chi connectivity index (χ0n) is 16.5. The van der Waals surface area contributed by atoms with E-state index in [4.69, 9.17) is 4.42 Å². The summed E-state index contributed by atoms with van der Waals surface area (Å²) in [5.74, 6) is -0.552. The first-order chi connectivity index (χ1) is 14.6. The molecule has 0 atom stereocenters. The summed E-state index contributed by atoms with van der Waals surface area (Å²) < 4.78 is 19.6. The molecule has 1 aliphatic rings. The van der Waals surface area contributed by atoms with E-state index in [2.05, 4.69) is 0 Å². The van der Waals surface area contributed by atoms with Gasteiger partial charge in [0.25, 0.3) is 5.91 Å². The first-order valence-corrected chi connectivity index (χ1v) is 10.0. The van der Waals surface area contributed by atoms with Crippen molar-refractivity contribution in [2.24, 2.45) is 0 Å². The predicted molar refractivity (Wildman–Crippen MR) is 110 cm³/mol. The maximum absolute atomic E-state index is 14.2. The van der Waals surface area contributed by atoms with Crippen LogP contribution in [0.1, 0.15) is 34.5 Å². The van der Waals surface area contributed by atoms with E-state index in [0.29, 0.717) is 18.8 Å². The van der Waals surface area contributed by atoms with Crippen molar-refractivity contribution in [2.45, 2.75) is 32.0 Å². The first kappa shape index (κ1) is 19.9. The van der Waals surface area contributed by atoms with E-state index in [1.165, 1.54) is 17.0 Å². The summed E-state index contributed by atoms with van der Waals surface area (Å²) in [7, 11) is 0. The minimum absolute atomic E-state index is 0.00200. The van der Waals surface area contributed by atoms with Gasteiger partial charge in [0.2, 0.25) is 5.91 Å². The van der Waals surface area contributed by atoms with Crippen LogP contribution in [-0.4, -0.2) is 34.2 Å². The molecule has 1 saturated carbocycles. The molecule has 154 valence electrons. The molecule has 0 aliphatic heterocycles. The van der Waals surface area contributed by atoms with Gasteiger partial charge in [-0.05, 0) is 42.7 Å². The third-order valence-electron chi connectivity index (χ3n) is 5.15. The maximum atomic E-state index is 14.2. The lowest BCUT2D eigenvalue weighted by Crippen LogP contribution is -2.43. The molecule has 1 aromatic heterocycles. The number of carbonyl (C=O) groups is 2. The molecule has 0 N–H and O–H groups in total. The van der Waals surface area contributed by atoms with Gasteiger partial charge in [-0.2, -0.15) is 0 Å². The van der Waals surface area contributed by atoms with Crippen molar-refractivity contribution in [3.63, 3.8) is 0 Å². The second kappa shape index (κ2) is 8.95. The highest BCUT2D eigenvalue weighted by Crippen LogP contribution is 2.29. The number of amides is 2. The van der Waals surface area contributed by atoms with E-state index in [9.17, 15) is 14.0 Å². The largest absolute Gasteiger partial charge is 0.467 e. The number of rotatable bonds is 8. The average Bonchev–Trinajstić information content (AvgIpc) is 3.47. The fourth-order valence-electron chi connectivity index (χ4n) is 3.41. The Balaban J connectivity index is 1.53. The van der Waals surface area contributed by atoms with Crippen LogP contribution in [-0.2, 0) is 17.9 Å². The molecule has 0 unspecified atom stereocenters. The summed E-state index contributed by atoms with van der Waals surface area (Å²) in [5, 5.41) is 0. The number of furan rings is 1. The SMILES string of the molecule is O=C(CN(C(=O)c1ccccc1F)C1CC1)N(Cc1ccccc1)Cc1ccco1. The number of carbonyl (C=O) groups excluding carboxylic acids is 2. The van der Waals surface area contributed by atoms with Gasteiger partial charge in [0.15, 0.2) is 0 Å². The van der Waals surface area contributed by atoms with Crippen molar-refractivity contribution in [2.75, 3.05) is 6.54 Å². The van der Waals surface area contributed by atoms with E-state index in [-0.39, 0.29) is 24.1 Å². The van der Waals surface area contributed by atoms with E-state index < -0.39 is 11.7 Å². The van der Waals surface area contributed by atoms with Gasteiger partial charge in [-0.15, -0.1) is 0 Å². The Morgan fingerprint density at radius 1 is 0.933 bits per heavy atom. The quantitative estimate of drug-likeness (QED) is 0.562. The Morgan fingerprint density at radius 3 is 2.33 bits per heavy atom. The molecular weight excluding hydrogens is 383 g/mol. The molecule has 6 heteroatoms. The van der Waals surface area contributed by atoms with Gasteiger partial charge in [-0.3, -0.25) is 9.59 Å². The lowest BCUT2D eigenvalue weighted by molar-refractivity contribution is -0.133. The number of halogens is 1. The Labute approximate surface area is 174 Å². The van der Waals surface area contributed by atoms with Crippen molar-refractivity contribution >= 4 is 11.8 Å². The third-order valence-corrected chi connectivity index (χ3v) is 5.15. The number of benzene rings is 2. The van der Waals surface area contributed by atoms with E-state index >= 15 is 0 Å². The smallest absolute Gasteiger partial charge is 0.257 e. The van der Waals surface area contributed by atoms with Crippen LogP contribution in [0.4, 0.5) is 4.39 Å². The Bertz CT molecular complexity index is 1000. The van der Waals surface area contributed by atoms with Crippen LogP contribution < -0.4 is 0 Å². The molecule has 0 bridgehead atoms. The van der Waals surface area contributed by atoms with Gasteiger partial charge >= 0.3 is 0 Å². The lowest BCUT2D eigenvalue weighted by atomic mass is 10.1. The Kier molecular flexibility index (Phi) is 5.93. The van der Waals surface area contributed by atoms with Gasteiger partial charge in [0, 0.05) is 12.6 Å². The van der Waals surface area contributed by atoms with Crippen LogP contribution >= 0.6 is 0 Å². The van der Waals surface area contributed by atoms with Crippen LogP contribution in [0, 0.1) is 5.82 Å². The summed E-state index contributed by atoms with van der Waals surface area (Å²) in [4.78, 5) is 29.4. The van der Waals surface area contributed by atoms with Crippen molar-refractivity contribution in [1.82, 2.24) is 9.80 Å². The summed E-state index contributed by atoms with van der Waals surface area (Å²) in [6, 6.07) is 19.1. The predicted octanol–water partition coefficient (Wildman–Crippen LogP) is 4.25. The number of hydrogen-bond acceptors (Lipinski definition) is 3. The standard InChI is InChI=1S/C24H23FN2O3/c25-22-11-5-4-10-21(22)24(29)27(19-12-13-19)17-23(28)26(16-20-9-6-14-30-20)15-18-7-2-1-3-8-18/h1-11,14,19H,12-13,15-17H2. The van der Waals surface area contributed by atoms with Crippen molar-refractivity contribution in [3.05, 3.63) is 95.7 Å². The highest BCUT2D eigenvalue weighted by atomic mass is 19.1. The molecular formula is C24H23FN2O3. The van der Waals surface area contributed by atoms with Gasteiger partial charge in [0.05, 0.1) is 18.4 Å². The minimum Gasteiger partial charge on any atom is -0.467 e. The molecule has 0 saturated heterocycles. The fraction of sp³-hybridized carbons (Fsp3) is 0.250. The number of nitrogens with zero attached hydrogens (tertiary/aromatic N) is 2. The molecule has 30 heavy (non-hydrogen) atoms. The second-order valence-corrected chi connectivity index (χ2v) is 7.46. The third kappa shape index (κ3) is 4.76. The molecule has 5 nitrogen and oxygen atoms in total. The van der Waals surface area contributed by atoms with Crippen LogP contribution in [0.3, 0.4) is 0 Å². The first-order valence-electron chi connectivity index (χ1n) is 10.0. The zero-order chi connectivity index (χ0) is 20.9. The summed E-state index contributed by atoms with van der Waals surface area (Å²) in [6.07, 6.45) is 3.22. The molecule has 4 rings (SSSR count). The van der Waals surface area contributed by atoms with Crippen molar-refractivity contribution < 1.29 is 18.4 Å². The molecule has 0 spiro atoms. The average molecular weight is 406 g/mol. The van der Waals surface area contributed by atoms with E-state index in [1.54, 1.807) is 29.4 Å². The van der Waals surface area contributed by atoms with Gasteiger partial charge in [0.1, 0.15) is 18.1 Å². The van der Waals surface area contributed by atoms with Crippen LogP contribution in [0.2, 0.25) is 0 Å². The normalized spacial score (nSPS) is 13.1. The Hall–Kier alpha value is -3.41. The second-order valence-electron chi connectivity index (χ2n) is 7.46. The molecule has 2 amide bonds. The molecule has 0 radical (unpaired) electrons. The topological polar surface area (TPSA) is 53.8 Å². The molecule has 2 aromatic carbocycles. The molecule has 1 fully saturated rings. The number of hydrogen-bond donors (Lipinski definition) is 0. The molecule has 3 aromatic rings. The van der Waals surface area contributed by atoms with Gasteiger partial charge in [-0.1, -0.05) is 42.5 Å². The van der Waals surface area contributed by atoms with Gasteiger partial charge in [-0.25, -0.2) is 4.39 Å².